The minimum atomic E-state index is -0.120. The van der Waals surface area contributed by atoms with Gasteiger partial charge in [-0.05, 0) is 55.8 Å². The lowest BCUT2D eigenvalue weighted by Gasteiger charge is -2.13. The summed E-state index contributed by atoms with van der Waals surface area (Å²) in [6.07, 6.45) is 2.02. The van der Waals surface area contributed by atoms with Crippen molar-refractivity contribution in [2.45, 2.75) is 26.4 Å². The van der Waals surface area contributed by atoms with Crippen molar-refractivity contribution in [3.8, 4) is 0 Å². The summed E-state index contributed by atoms with van der Waals surface area (Å²) >= 11 is 6.01. The average molecular weight is 331 g/mol. The van der Waals surface area contributed by atoms with Crippen LogP contribution in [0, 0.1) is 0 Å². The Bertz CT molecular complexity index is 863. The van der Waals surface area contributed by atoms with Gasteiger partial charge in [-0.25, -0.2) is 4.98 Å². The summed E-state index contributed by atoms with van der Waals surface area (Å²) in [4.78, 5) is 16.6. The standard InChI is InChI=1S/C17H19ClN4O/c1-11(2)22-8-4-5-13(22)10-19-16(23)12-6-7-15-14(9-12)20-17(18)21(15)3/h4-9,11H,10H2,1-3H3,(H,19,23). The summed E-state index contributed by atoms with van der Waals surface area (Å²) in [5.74, 6) is -0.120. The maximum absolute atomic E-state index is 12.4. The van der Waals surface area contributed by atoms with Crippen LogP contribution >= 0.6 is 11.6 Å². The molecule has 0 bridgehead atoms. The summed E-state index contributed by atoms with van der Waals surface area (Å²) in [6.45, 7) is 4.72. The van der Waals surface area contributed by atoms with Gasteiger partial charge in [0.2, 0.25) is 5.28 Å². The van der Waals surface area contributed by atoms with Gasteiger partial charge in [-0.1, -0.05) is 0 Å². The van der Waals surface area contributed by atoms with E-state index in [1.54, 1.807) is 16.7 Å². The van der Waals surface area contributed by atoms with E-state index in [1.807, 2.05) is 31.4 Å². The van der Waals surface area contributed by atoms with Gasteiger partial charge in [0.05, 0.1) is 17.6 Å². The van der Waals surface area contributed by atoms with E-state index in [0.717, 1.165) is 16.7 Å². The number of fused-ring (bicyclic) bond motifs is 1. The monoisotopic (exact) mass is 330 g/mol. The Hall–Kier alpha value is -2.27. The Morgan fingerprint density at radius 3 is 2.87 bits per heavy atom. The van der Waals surface area contributed by atoms with Crippen LogP contribution in [-0.2, 0) is 13.6 Å². The van der Waals surface area contributed by atoms with Gasteiger partial charge in [-0.3, -0.25) is 4.79 Å². The minimum Gasteiger partial charge on any atom is -0.347 e. The van der Waals surface area contributed by atoms with Gasteiger partial charge in [0.1, 0.15) is 0 Å². The van der Waals surface area contributed by atoms with Crippen LogP contribution in [0.15, 0.2) is 36.5 Å². The largest absolute Gasteiger partial charge is 0.347 e. The van der Waals surface area contributed by atoms with E-state index in [-0.39, 0.29) is 5.91 Å². The lowest BCUT2D eigenvalue weighted by Crippen LogP contribution is -2.24. The Balaban J connectivity index is 1.77. The fourth-order valence-electron chi connectivity index (χ4n) is 2.67. The van der Waals surface area contributed by atoms with Gasteiger partial charge >= 0.3 is 0 Å². The Morgan fingerprint density at radius 2 is 2.13 bits per heavy atom. The second-order valence-electron chi connectivity index (χ2n) is 5.83. The lowest BCUT2D eigenvalue weighted by molar-refractivity contribution is 0.0950. The number of hydrogen-bond acceptors (Lipinski definition) is 2. The molecule has 23 heavy (non-hydrogen) atoms. The third-order valence-electron chi connectivity index (χ3n) is 3.94. The molecule has 0 atom stereocenters. The van der Waals surface area contributed by atoms with Gasteiger partial charge in [0.25, 0.3) is 5.91 Å². The van der Waals surface area contributed by atoms with E-state index in [4.69, 9.17) is 11.6 Å². The number of halogens is 1. The number of rotatable bonds is 4. The molecule has 0 aliphatic heterocycles. The predicted molar refractivity (Wildman–Crippen MR) is 91.7 cm³/mol. The zero-order valence-corrected chi connectivity index (χ0v) is 14.1. The molecule has 120 valence electrons. The van der Waals surface area contributed by atoms with Crippen molar-refractivity contribution in [3.05, 3.63) is 53.1 Å². The molecule has 2 aromatic heterocycles. The van der Waals surface area contributed by atoms with E-state index in [2.05, 4.69) is 28.7 Å². The first-order chi connectivity index (χ1) is 11.0. The lowest BCUT2D eigenvalue weighted by atomic mass is 10.2. The van der Waals surface area contributed by atoms with Crippen LogP contribution in [0.25, 0.3) is 11.0 Å². The minimum absolute atomic E-state index is 0.120. The number of carbonyl (C=O) groups is 1. The molecule has 0 fully saturated rings. The number of aryl methyl sites for hydroxylation is 1. The van der Waals surface area contributed by atoms with Crippen LogP contribution in [0.3, 0.4) is 0 Å². The van der Waals surface area contributed by atoms with Crippen LogP contribution in [-0.4, -0.2) is 20.0 Å². The van der Waals surface area contributed by atoms with Crippen LogP contribution in [0.2, 0.25) is 5.28 Å². The SMILES string of the molecule is CC(C)n1cccc1CNC(=O)c1ccc2c(c1)nc(Cl)n2C. The summed E-state index contributed by atoms with van der Waals surface area (Å²) in [6, 6.07) is 9.78. The number of amides is 1. The highest BCUT2D eigenvalue weighted by molar-refractivity contribution is 6.29. The molecule has 3 aromatic rings. The molecule has 0 unspecified atom stereocenters. The zero-order valence-electron chi connectivity index (χ0n) is 13.4. The zero-order chi connectivity index (χ0) is 16.6. The molecule has 1 aromatic carbocycles. The number of nitrogens with zero attached hydrogens (tertiary/aromatic N) is 3. The van der Waals surface area contributed by atoms with Crippen molar-refractivity contribution in [1.82, 2.24) is 19.4 Å². The Morgan fingerprint density at radius 1 is 1.35 bits per heavy atom. The van der Waals surface area contributed by atoms with E-state index in [1.165, 1.54) is 0 Å². The van der Waals surface area contributed by atoms with Crippen molar-refractivity contribution < 1.29 is 4.79 Å². The van der Waals surface area contributed by atoms with Gasteiger partial charge in [0, 0.05) is 30.5 Å². The first-order valence-electron chi connectivity index (χ1n) is 7.53. The number of benzene rings is 1. The first-order valence-corrected chi connectivity index (χ1v) is 7.91. The van der Waals surface area contributed by atoms with Crippen LogP contribution in [0.5, 0.6) is 0 Å². The third-order valence-corrected chi connectivity index (χ3v) is 4.28. The van der Waals surface area contributed by atoms with E-state index >= 15 is 0 Å². The van der Waals surface area contributed by atoms with E-state index < -0.39 is 0 Å². The topological polar surface area (TPSA) is 51.9 Å². The van der Waals surface area contributed by atoms with Crippen molar-refractivity contribution in [2.24, 2.45) is 7.05 Å². The van der Waals surface area contributed by atoms with Gasteiger partial charge < -0.3 is 14.5 Å². The summed E-state index contributed by atoms with van der Waals surface area (Å²) in [5.41, 5.74) is 3.28. The molecular formula is C17H19ClN4O. The highest BCUT2D eigenvalue weighted by Gasteiger charge is 2.11. The van der Waals surface area contributed by atoms with Gasteiger partial charge in [0.15, 0.2) is 0 Å². The third kappa shape index (κ3) is 2.97. The highest BCUT2D eigenvalue weighted by atomic mass is 35.5. The van der Waals surface area contributed by atoms with Gasteiger partial charge in [-0.2, -0.15) is 0 Å². The normalized spacial score (nSPS) is 11.3. The maximum atomic E-state index is 12.4. The molecule has 0 aliphatic carbocycles. The summed E-state index contributed by atoms with van der Waals surface area (Å²) in [7, 11) is 1.84. The smallest absolute Gasteiger partial charge is 0.251 e. The second-order valence-corrected chi connectivity index (χ2v) is 6.16. The molecule has 2 heterocycles. The molecule has 0 aliphatic rings. The second kappa shape index (κ2) is 6.08. The molecule has 0 radical (unpaired) electrons. The number of aromatic nitrogens is 3. The fourth-order valence-corrected chi connectivity index (χ4v) is 2.85. The van der Waals surface area contributed by atoms with Crippen LogP contribution in [0.1, 0.15) is 35.9 Å². The number of carbonyl (C=O) groups excluding carboxylic acids is 1. The molecule has 0 saturated carbocycles. The number of hydrogen-bond donors (Lipinski definition) is 1. The fraction of sp³-hybridized carbons (Fsp3) is 0.294. The molecule has 1 N–H and O–H groups in total. The molecular weight excluding hydrogens is 312 g/mol. The Labute approximate surface area is 139 Å². The molecule has 6 heteroatoms. The highest BCUT2D eigenvalue weighted by Crippen LogP contribution is 2.19. The molecule has 0 saturated heterocycles. The predicted octanol–water partition coefficient (Wildman–Crippen LogP) is 3.54. The molecule has 1 amide bonds. The van der Waals surface area contributed by atoms with Crippen molar-refractivity contribution >= 4 is 28.5 Å². The van der Waals surface area contributed by atoms with Gasteiger partial charge in [-0.15, -0.1) is 0 Å². The number of imidazole rings is 1. The summed E-state index contributed by atoms with van der Waals surface area (Å²) in [5, 5.41) is 3.36. The van der Waals surface area contributed by atoms with Crippen LogP contribution < -0.4 is 5.32 Å². The van der Waals surface area contributed by atoms with Crippen molar-refractivity contribution in [3.63, 3.8) is 0 Å². The molecule has 3 rings (SSSR count). The van der Waals surface area contributed by atoms with Crippen molar-refractivity contribution in [2.75, 3.05) is 0 Å². The van der Waals surface area contributed by atoms with E-state index in [9.17, 15) is 4.79 Å². The van der Waals surface area contributed by atoms with Crippen LogP contribution in [0.4, 0.5) is 0 Å². The molecule has 5 nitrogen and oxygen atoms in total. The Kier molecular flexibility index (Phi) is 4.13. The van der Waals surface area contributed by atoms with Crippen molar-refractivity contribution in [1.29, 1.82) is 0 Å². The number of nitrogens with one attached hydrogen (secondary N) is 1. The first kappa shape index (κ1) is 15.6. The quantitative estimate of drug-likeness (QED) is 0.795. The average Bonchev–Trinajstić information content (AvgIpc) is 3.10. The molecule has 0 spiro atoms. The maximum Gasteiger partial charge on any atom is 0.251 e. The van der Waals surface area contributed by atoms with E-state index in [0.29, 0.717) is 23.4 Å². The summed E-state index contributed by atoms with van der Waals surface area (Å²) < 4.78 is 3.93.